The number of guanidine groups is 1. The summed E-state index contributed by atoms with van der Waals surface area (Å²) in [4.78, 5) is 20.8. The highest BCUT2D eigenvalue weighted by atomic mass is 19.1. The van der Waals surface area contributed by atoms with Crippen LogP contribution in [-0.2, 0) is 4.79 Å². The van der Waals surface area contributed by atoms with Crippen molar-refractivity contribution in [3.8, 4) is 0 Å². The summed E-state index contributed by atoms with van der Waals surface area (Å²) in [5.74, 6) is -0.0797. The number of halogens is 2. The standard InChI is InChI=1S/C23H35F2N5O/c1-26-23(27-14-20(29(2)3)21-18(24)10-7-11-19(21)25)28-17-12-13-30(15-17)22(31)16-8-5-4-6-9-16/h7,10-11,16-17,20H,4-6,8-9,12-15H2,1-3H3,(H2,26,27,28). The van der Waals surface area contributed by atoms with Gasteiger partial charge in [0.2, 0.25) is 5.91 Å². The molecule has 1 saturated heterocycles. The van der Waals surface area contributed by atoms with Gasteiger partial charge in [-0.05, 0) is 45.5 Å². The van der Waals surface area contributed by atoms with Gasteiger partial charge in [-0.1, -0.05) is 25.3 Å². The molecule has 6 nitrogen and oxygen atoms in total. The molecule has 1 amide bonds. The van der Waals surface area contributed by atoms with Crippen molar-refractivity contribution in [3.63, 3.8) is 0 Å². The molecule has 2 aliphatic rings. The van der Waals surface area contributed by atoms with Gasteiger partial charge in [0.15, 0.2) is 5.96 Å². The number of amides is 1. The molecule has 2 unspecified atom stereocenters. The molecular weight excluding hydrogens is 400 g/mol. The number of rotatable bonds is 6. The fourth-order valence-electron chi connectivity index (χ4n) is 4.64. The van der Waals surface area contributed by atoms with Crippen LogP contribution in [0, 0.1) is 17.6 Å². The fourth-order valence-corrected chi connectivity index (χ4v) is 4.64. The summed E-state index contributed by atoms with van der Waals surface area (Å²) >= 11 is 0. The van der Waals surface area contributed by atoms with E-state index in [1.54, 1.807) is 26.0 Å². The Balaban J connectivity index is 1.55. The minimum absolute atomic E-state index is 0.0422. The van der Waals surface area contributed by atoms with Gasteiger partial charge < -0.3 is 20.4 Å². The number of hydrogen-bond acceptors (Lipinski definition) is 3. The van der Waals surface area contributed by atoms with Crippen molar-refractivity contribution in [1.29, 1.82) is 0 Å². The Kier molecular flexibility index (Phi) is 8.23. The highest BCUT2D eigenvalue weighted by Gasteiger charge is 2.32. The summed E-state index contributed by atoms with van der Waals surface area (Å²) in [6.07, 6.45) is 6.42. The molecule has 3 rings (SSSR count). The van der Waals surface area contributed by atoms with E-state index < -0.39 is 17.7 Å². The van der Waals surface area contributed by atoms with E-state index in [4.69, 9.17) is 0 Å². The fraction of sp³-hybridized carbons (Fsp3) is 0.652. The van der Waals surface area contributed by atoms with Crippen LogP contribution in [0.3, 0.4) is 0 Å². The van der Waals surface area contributed by atoms with E-state index in [9.17, 15) is 13.6 Å². The molecule has 31 heavy (non-hydrogen) atoms. The van der Waals surface area contributed by atoms with Crippen molar-refractivity contribution in [1.82, 2.24) is 20.4 Å². The first kappa shape index (κ1) is 23.4. The van der Waals surface area contributed by atoms with Gasteiger partial charge in [0.05, 0.1) is 6.04 Å². The Labute approximate surface area is 184 Å². The van der Waals surface area contributed by atoms with Crippen LogP contribution < -0.4 is 10.6 Å². The number of likely N-dealkylation sites (tertiary alicyclic amines) is 1. The Bertz CT molecular complexity index is 759. The van der Waals surface area contributed by atoms with Crippen molar-refractivity contribution >= 4 is 11.9 Å². The second-order valence-corrected chi connectivity index (χ2v) is 8.82. The minimum atomic E-state index is -0.559. The average molecular weight is 436 g/mol. The molecule has 172 valence electrons. The molecule has 1 aromatic carbocycles. The van der Waals surface area contributed by atoms with Crippen LogP contribution in [0.25, 0.3) is 0 Å². The normalized spacial score (nSPS) is 21.4. The van der Waals surface area contributed by atoms with Gasteiger partial charge >= 0.3 is 0 Å². The van der Waals surface area contributed by atoms with Crippen LogP contribution in [0.4, 0.5) is 8.78 Å². The highest BCUT2D eigenvalue weighted by molar-refractivity contribution is 5.81. The Morgan fingerprint density at radius 3 is 2.48 bits per heavy atom. The van der Waals surface area contributed by atoms with Gasteiger partial charge in [0, 0.05) is 44.2 Å². The second-order valence-electron chi connectivity index (χ2n) is 8.82. The molecule has 2 fully saturated rings. The van der Waals surface area contributed by atoms with Gasteiger partial charge in [0.25, 0.3) is 0 Å². The zero-order valence-corrected chi connectivity index (χ0v) is 18.8. The number of carbonyl (C=O) groups is 1. The Hall–Kier alpha value is -2.22. The summed E-state index contributed by atoms with van der Waals surface area (Å²) < 4.78 is 28.6. The monoisotopic (exact) mass is 435 g/mol. The molecule has 1 aliphatic heterocycles. The van der Waals surface area contributed by atoms with Crippen LogP contribution in [-0.4, -0.2) is 68.5 Å². The van der Waals surface area contributed by atoms with Crippen molar-refractivity contribution < 1.29 is 13.6 Å². The predicted octanol–water partition coefficient (Wildman–Crippen LogP) is 2.91. The van der Waals surface area contributed by atoms with E-state index in [2.05, 4.69) is 15.6 Å². The Morgan fingerprint density at radius 2 is 1.87 bits per heavy atom. The van der Waals surface area contributed by atoms with Crippen LogP contribution in [0.15, 0.2) is 23.2 Å². The lowest BCUT2D eigenvalue weighted by molar-refractivity contribution is -0.135. The van der Waals surface area contributed by atoms with Gasteiger partial charge in [-0.25, -0.2) is 8.78 Å². The van der Waals surface area contributed by atoms with Gasteiger partial charge in [-0.3, -0.25) is 9.79 Å². The van der Waals surface area contributed by atoms with E-state index in [0.29, 0.717) is 19.0 Å². The van der Waals surface area contributed by atoms with Crippen LogP contribution >= 0.6 is 0 Å². The molecular formula is C23H35F2N5O. The maximum Gasteiger partial charge on any atom is 0.225 e. The third kappa shape index (κ3) is 5.93. The molecule has 0 spiro atoms. The zero-order chi connectivity index (χ0) is 22.4. The third-order valence-electron chi connectivity index (χ3n) is 6.44. The van der Waals surface area contributed by atoms with Crippen molar-refractivity contribution in [2.45, 2.75) is 50.6 Å². The number of nitrogens with one attached hydrogen (secondary N) is 2. The molecule has 1 saturated carbocycles. The summed E-state index contributed by atoms with van der Waals surface area (Å²) in [5, 5.41) is 6.57. The summed E-state index contributed by atoms with van der Waals surface area (Å²) in [6, 6.07) is 3.54. The van der Waals surface area contributed by atoms with Gasteiger partial charge in [-0.15, -0.1) is 0 Å². The van der Waals surface area contributed by atoms with E-state index in [1.165, 1.54) is 24.6 Å². The largest absolute Gasteiger partial charge is 0.354 e. The number of carbonyl (C=O) groups excluding carboxylic acids is 1. The average Bonchev–Trinajstić information content (AvgIpc) is 3.23. The number of aliphatic imine (C=N–C) groups is 1. The summed E-state index contributed by atoms with van der Waals surface area (Å²) in [6.45, 7) is 1.71. The molecule has 0 radical (unpaired) electrons. The number of nitrogens with zero attached hydrogens (tertiary/aromatic N) is 3. The maximum atomic E-state index is 14.3. The lowest BCUT2D eigenvalue weighted by Gasteiger charge is -2.28. The van der Waals surface area contributed by atoms with Gasteiger partial charge in [0.1, 0.15) is 11.6 Å². The smallest absolute Gasteiger partial charge is 0.225 e. The molecule has 1 aliphatic carbocycles. The third-order valence-corrected chi connectivity index (χ3v) is 6.44. The molecule has 0 bridgehead atoms. The molecule has 2 atom stereocenters. The second kappa shape index (κ2) is 10.9. The van der Waals surface area contributed by atoms with Crippen LogP contribution in [0.2, 0.25) is 0 Å². The molecule has 1 heterocycles. The minimum Gasteiger partial charge on any atom is -0.354 e. The molecule has 0 aromatic heterocycles. The molecule has 1 aromatic rings. The molecule has 8 heteroatoms. The van der Waals surface area contributed by atoms with E-state index in [-0.39, 0.29) is 23.4 Å². The van der Waals surface area contributed by atoms with Crippen molar-refractivity contribution in [2.24, 2.45) is 10.9 Å². The van der Waals surface area contributed by atoms with Crippen LogP contribution in [0.1, 0.15) is 50.1 Å². The lowest BCUT2D eigenvalue weighted by atomic mass is 9.88. The number of likely N-dealkylation sites (N-methyl/N-ethyl adjacent to an activating group) is 1. The summed E-state index contributed by atoms with van der Waals surface area (Å²) in [5.41, 5.74) is 0.0422. The van der Waals surface area contributed by atoms with Crippen LogP contribution in [0.5, 0.6) is 0 Å². The maximum absolute atomic E-state index is 14.3. The number of benzene rings is 1. The summed E-state index contributed by atoms with van der Waals surface area (Å²) in [7, 11) is 5.25. The zero-order valence-electron chi connectivity index (χ0n) is 18.8. The topological polar surface area (TPSA) is 60.0 Å². The van der Waals surface area contributed by atoms with E-state index in [0.717, 1.165) is 38.6 Å². The first-order valence-corrected chi connectivity index (χ1v) is 11.3. The van der Waals surface area contributed by atoms with Crippen molar-refractivity contribution in [2.75, 3.05) is 40.8 Å². The molecule has 2 N–H and O–H groups in total. The number of hydrogen-bond donors (Lipinski definition) is 2. The highest BCUT2D eigenvalue weighted by Crippen LogP contribution is 2.27. The van der Waals surface area contributed by atoms with E-state index >= 15 is 0 Å². The van der Waals surface area contributed by atoms with Crippen molar-refractivity contribution in [3.05, 3.63) is 35.4 Å². The lowest BCUT2D eigenvalue weighted by Crippen LogP contribution is -2.47. The van der Waals surface area contributed by atoms with E-state index in [1.807, 2.05) is 4.90 Å². The quantitative estimate of drug-likeness (QED) is 0.533. The SMILES string of the molecule is CN=C(NCC(c1c(F)cccc1F)N(C)C)NC1CCN(C(=O)C2CCCCC2)C1. The van der Waals surface area contributed by atoms with Gasteiger partial charge in [-0.2, -0.15) is 0 Å². The first-order chi connectivity index (χ1) is 14.9. The predicted molar refractivity (Wildman–Crippen MR) is 119 cm³/mol. The Morgan fingerprint density at radius 1 is 1.19 bits per heavy atom. The first-order valence-electron chi connectivity index (χ1n) is 11.3.